The van der Waals surface area contributed by atoms with Crippen molar-refractivity contribution < 1.29 is 14.3 Å². The average Bonchev–Trinajstić information content (AvgIpc) is 3.00. The van der Waals surface area contributed by atoms with Gasteiger partial charge in [-0.3, -0.25) is 0 Å². The summed E-state index contributed by atoms with van der Waals surface area (Å²) in [5, 5.41) is 1.44. The summed E-state index contributed by atoms with van der Waals surface area (Å²) in [6.07, 6.45) is 0. The lowest BCUT2D eigenvalue weighted by Gasteiger charge is -2.06. The highest BCUT2D eigenvalue weighted by Gasteiger charge is 2.17. The molecule has 0 N–H and O–H groups in total. The van der Waals surface area contributed by atoms with E-state index in [4.69, 9.17) is 21.1 Å². The summed E-state index contributed by atoms with van der Waals surface area (Å²) < 4.78 is 10.8. The number of aryl methyl sites for hydroxylation is 1. The Morgan fingerprint density at radius 1 is 1.08 bits per heavy atom. The smallest absolute Gasteiger partial charge is 0.350 e. The van der Waals surface area contributed by atoms with Gasteiger partial charge >= 0.3 is 5.97 Å². The standard InChI is InChI=1S/C19H16ClNO3S/c1-3-23-19(22)17-12(2)21-18(25-17)13-4-8-15(9-5-13)24-16-10-6-14(20)7-11-16/h4-11H,3H2,1-2H3. The van der Waals surface area contributed by atoms with Gasteiger partial charge in [0.1, 0.15) is 21.4 Å². The second kappa shape index (κ2) is 7.68. The van der Waals surface area contributed by atoms with E-state index in [-0.39, 0.29) is 5.97 Å². The highest BCUT2D eigenvalue weighted by Crippen LogP contribution is 2.31. The van der Waals surface area contributed by atoms with E-state index in [2.05, 4.69) is 4.98 Å². The van der Waals surface area contributed by atoms with E-state index in [1.807, 2.05) is 43.3 Å². The summed E-state index contributed by atoms with van der Waals surface area (Å²) in [5.41, 5.74) is 1.60. The number of hydrogen-bond acceptors (Lipinski definition) is 5. The summed E-state index contributed by atoms with van der Waals surface area (Å²) in [5.74, 6) is 1.10. The van der Waals surface area contributed by atoms with Crippen molar-refractivity contribution in [1.82, 2.24) is 4.98 Å². The van der Waals surface area contributed by atoms with Gasteiger partial charge in [0.05, 0.1) is 12.3 Å². The first-order valence-electron chi connectivity index (χ1n) is 7.75. The molecule has 0 saturated carbocycles. The number of aromatic nitrogens is 1. The molecular weight excluding hydrogens is 358 g/mol. The van der Waals surface area contributed by atoms with Gasteiger partial charge in [0.25, 0.3) is 0 Å². The Bertz CT molecular complexity index is 873. The van der Waals surface area contributed by atoms with Crippen molar-refractivity contribution in [3.8, 4) is 22.1 Å². The van der Waals surface area contributed by atoms with Gasteiger partial charge in [0.15, 0.2) is 0 Å². The summed E-state index contributed by atoms with van der Waals surface area (Å²) in [6, 6.07) is 14.7. The number of thiazole rings is 1. The third kappa shape index (κ3) is 4.18. The monoisotopic (exact) mass is 373 g/mol. The van der Waals surface area contributed by atoms with Crippen LogP contribution in [0.2, 0.25) is 5.02 Å². The fourth-order valence-electron chi connectivity index (χ4n) is 2.21. The van der Waals surface area contributed by atoms with Crippen molar-refractivity contribution in [2.45, 2.75) is 13.8 Å². The van der Waals surface area contributed by atoms with Gasteiger partial charge in [0.2, 0.25) is 0 Å². The van der Waals surface area contributed by atoms with Gasteiger partial charge < -0.3 is 9.47 Å². The van der Waals surface area contributed by atoms with Crippen LogP contribution < -0.4 is 4.74 Å². The molecule has 0 unspecified atom stereocenters. The van der Waals surface area contributed by atoms with Gasteiger partial charge in [0, 0.05) is 10.6 Å². The minimum absolute atomic E-state index is 0.327. The zero-order chi connectivity index (χ0) is 17.8. The molecule has 4 nitrogen and oxygen atoms in total. The van der Waals surface area contributed by atoms with E-state index >= 15 is 0 Å². The number of esters is 1. The molecule has 0 saturated heterocycles. The highest BCUT2D eigenvalue weighted by atomic mass is 35.5. The number of hydrogen-bond donors (Lipinski definition) is 0. The number of benzene rings is 2. The third-order valence-electron chi connectivity index (χ3n) is 3.41. The van der Waals surface area contributed by atoms with Gasteiger partial charge in [-0.1, -0.05) is 11.6 Å². The molecule has 0 aliphatic carbocycles. The van der Waals surface area contributed by atoms with E-state index in [9.17, 15) is 4.79 Å². The largest absolute Gasteiger partial charge is 0.462 e. The second-order valence-corrected chi connectivity index (χ2v) is 6.67. The number of carbonyl (C=O) groups excluding carboxylic acids is 1. The molecule has 3 rings (SSSR count). The molecule has 128 valence electrons. The zero-order valence-corrected chi connectivity index (χ0v) is 15.4. The molecule has 3 aromatic rings. The minimum Gasteiger partial charge on any atom is -0.462 e. The van der Waals surface area contributed by atoms with Crippen LogP contribution in [0.3, 0.4) is 0 Å². The zero-order valence-electron chi connectivity index (χ0n) is 13.8. The van der Waals surface area contributed by atoms with Crippen LogP contribution in [0.5, 0.6) is 11.5 Å². The van der Waals surface area contributed by atoms with Crippen molar-refractivity contribution in [1.29, 1.82) is 0 Å². The molecule has 2 aromatic carbocycles. The lowest BCUT2D eigenvalue weighted by molar-refractivity contribution is 0.0531. The summed E-state index contributed by atoms with van der Waals surface area (Å²) in [7, 11) is 0. The number of rotatable bonds is 5. The Morgan fingerprint density at radius 2 is 1.68 bits per heavy atom. The Labute approximate surface area is 155 Å². The van der Waals surface area contributed by atoms with Crippen molar-refractivity contribution in [3.05, 3.63) is 64.1 Å². The van der Waals surface area contributed by atoms with E-state index in [0.717, 1.165) is 10.6 Å². The minimum atomic E-state index is -0.327. The van der Waals surface area contributed by atoms with E-state index in [1.54, 1.807) is 19.1 Å². The molecular formula is C19H16ClNO3S. The maximum absolute atomic E-state index is 11.9. The van der Waals surface area contributed by atoms with Crippen LogP contribution in [0, 0.1) is 6.92 Å². The lowest BCUT2D eigenvalue weighted by atomic mass is 10.2. The summed E-state index contributed by atoms with van der Waals surface area (Å²) >= 11 is 7.20. The SMILES string of the molecule is CCOC(=O)c1sc(-c2ccc(Oc3ccc(Cl)cc3)cc2)nc1C. The molecule has 0 aliphatic rings. The maximum Gasteiger partial charge on any atom is 0.350 e. The second-order valence-electron chi connectivity index (χ2n) is 5.23. The molecule has 0 spiro atoms. The Balaban J connectivity index is 1.77. The van der Waals surface area contributed by atoms with Crippen molar-refractivity contribution in [2.75, 3.05) is 6.61 Å². The summed E-state index contributed by atoms with van der Waals surface area (Å²) in [6.45, 7) is 3.95. The number of halogens is 1. The van der Waals surface area contributed by atoms with Crippen LogP contribution in [0.15, 0.2) is 48.5 Å². The molecule has 0 amide bonds. The van der Waals surface area contributed by atoms with Crippen molar-refractivity contribution >= 4 is 28.9 Å². The Hall–Kier alpha value is -2.37. The van der Waals surface area contributed by atoms with Crippen molar-refractivity contribution in [3.63, 3.8) is 0 Å². The topological polar surface area (TPSA) is 48.4 Å². The van der Waals surface area contributed by atoms with Crippen LogP contribution >= 0.6 is 22.9 Å². The van der Waals surface area contributed by atoms with Gasteiger partial charge in [-0.25, -0.2) is 9.78 Å². The maximum atomic E-state index is 11.9. The van der Waals surface area contributed by atoms with Gasteiger partial charge in [-0.2, -0.15) is 0 Å². The number of carbonyl (C=O) groups is 1. The first kappa shape index (κ1) is 17.5. The molecule has 0 aliphatic heterocycles. The lowest BCUT2D eigenvalue weighted by Crippen LogP contribution is -2.03. The number of ether oxygens (including phenoxy) is 2. The predicted octanol–water partition coefficient (Wildman–Crippen LogP) is 5.74. The van der Waals surface area contributed by atoms with E-state index in [1.165, 1.54) is 11.3 Å². The normalized spacial score (nSPS) is 10.5. The third-order valence-corrected chi connectivity index (χ3v) is 4.85. The molecule has 0 radical (unpaired) electrons. The predicted molar refractivity (Wildman–Crippen MR) is 99.8 cm³/mol. The Kier molecular flexibility index (Phi) is 5.36. The van der Waals surface area contributed by atoms with Crippen LogP contribution in [0.4, 0.5) is 0 Å². The fraction of sp³-hybridized carbons (Fsp3) is 0.158. The molecule has 0 atom stereocenters. The molecule has 1 aromatic heterocycles. The number of nitrogens with zero attached hydrogens (tertiary/aromatic N) is 1. The molecule has 6 heteroatoms. The first-order valence-corrected chi connectivity index (χ1v) is 8.94. The van der Waals surface area contributed by atoms with Gasteiger partial charge in [-0.15, -0.1) is 11.3 Å². The van der Waals surface area contributed by atoms with Crippen molar-refractivity contribution in [2.24, 2.45) is 0 Å². The van der Waals surface area contributed by atoms with Crippen LogP contribution in [-0.4, -0.2) is 17.6 Å². The summed E-state index contributed by atoms with van der Waals surface area (Å²) in [4.78, 5) is 16.9. The molecule has 0 fully saturated rings. The molecule has 1 heterocycles. The van der Waals surface area contributed by atoms with E-state index in [0.29, 0.717) is 33.7 Å². The quantitative estimate of drug-likeness (QED) is 0.535. The van der Waals surface area contributed by atoms with E-state index < -0.39 is 0 Å². The molecule has 0 bridgehead atoms. The van der Waals surface area contributed by atoms with Crippen LogP contribution in [0.1, 0.15) is 22.3 Å². The Morgan fingerprint density at radius 3 is 2.28 bits per heavy atom. The fourth-order valence-corrected chi connectivity index (χ4v) is 3.30. The van der Waals surface area contributed by atoms with Gasteiger partial charge in [-0.05, 0) is 62.4 Å². The first-order chi connectivity index (χ1) is 12.1. The molecule has 25 heavy (non-hydrogen) atoms. The van der Waals surface area contributed by atoms with Crippen LogP contribution in [0.25, 0.3) is 10.6 Å². The highest BCUT2D eigenvalue weighted by molar-refractivity contribution is 7.17. The van der Waals surface area contributed by atoms with Crippen LogP contribution in [-0.2, 0) is 4.74 Å². The average molecular weight is 374 g/mol.